The molecule has 45 heavy (non-hydrogen) atoms. The molecule has 8 heteroatoms. The molecule has 0 unspecified atom stereocenters. The maximum Gasteiger partial charge on any atom is 0.264 e. The average Bonchev–Trinajstić information content (AvgIpc) is 3.59. The number of thiophene rings is 1. The van der Waals surface area contributed by atoms with Crippen LogP contribution in [-0.2, 0) is 6.54 Å². The number of nitrogens with one attached hydrogen (secondary N) is 1. The van der Waals surface area contributed by atoms with Crippen molar-refractivity contribution in [1.29, 1.82) is 0 Å². The van der Waals surface area contributed by atoms with Gasteiger partial charge in [-0.3, -0.25) is 9.59 Å². The highest BCUT2D eigenvalue weighted by molar-refractivity contribution is 7.12. The fraction of sp³-hybridized carbons (Fsp3) is 0.351. The maximum atomic E-state index is 13.7. The van der Waals surface area contributed by atoms with Crippen LogP contribution in [0.1, 0.15) is 57.7 Å². The number of anilines is 2. The Hall–Kier alpha value is -3.98. The van der Waals surface area contributed by atoms with Gasteiger partial charge in [-0.25, -0.2) is 0 Å². The van der Waals surface area contributed by atoms with Gasteiger partial charge < -0.3 is 25.8 Å². The molecule has 4 aromatic rings. The summed E-state index contributed by atoms with van der Waals surface area (Å²) in [5, 5.41) is 5.15. The molecule has 1 aliphatic carbocycles. The highest BCUT2D eigenvalue weighted by Gasteiger charge is 2.29. The number of carbonyl (C=O) groups excluding carboxylic acids is 2. The minimum absolute atomic E-state index is 0.0865. The molecular weight excluding hydrogens is 579 g/mol. The molecule has 3 N–H and O–H groups in total. The SMILES string of the molecule is CN(C)CCCN(C)c1ccc(-c2cccc(CN(C(=O)c3cccs3)C3CCC(N)CC3)c2)cc1NC(=O)c1ccccc1. The third kappa shape index (κ3) is 8.60. The van der Waals surface area contributed by atoms with Gasteiger partial charge >= 0.3 is 0 Å². The van der Waals surface area contributed by atoms with Gasteiger partial charge in [0, 0.05) is 37.8 Å². The summed E-state index contributed by atoms with van der Waals surface area (Å²) in [4.78, 5) is 34.2. The Bertz CT molecular complexity index is 1550. The second-order valence-corrected chi connectivity index (χ2v) is 13.3. The molecule has 236 valence electrons. The van der Waals surface area contributed by atoms with Crippen molar-refractivity contribution in [2.24, 2.45) is 5.73 Å². The van der Waals surface area contributed by atoms with E-state index >= 15 is 0 Å². The number of carbonyl (C=O) groups is 2. The van der Waals surface area contributed by atoms with Crippen molar-refractivity contribution in [2.45, 2.75) is 50.7 Å². The van der Waals surface area contributed by atoms with Gasteiger partial charge in [0.05, 0.1) is 16.3 Å². The molecule has 5 rings (SSSR count). The molecule has 0 bridgehead atoms. The molecule has 0 spiro atoms. The number of nitrogens with zero attached hydrogens (tertiary/aromatic N) is 3. The number of rotatable bonds is 12. The van der Waals surface area contributed by atoms with Gasteiger partial charge in [-0.15, -0.1) is 11.3 Å². The summed E-state index contributed by atoms with van der Waals surface area (Å²) in [6.07, 6.45) is 4.73. The van der Waals surface area contributed by atoms with Crippen LogP contribution >= 0.6 is 11.3 Å². The fourth-order valence-electron chi connectivity index (χ4n) is 6.04. The van der Waals surface area contributed by atoms with Crippen LogP contribution in [0.3, 0.4) is 0 Å². The van der Waals surface area contributed by atoms with Gasteiger partial charge in [0.15, 0.2) is 0 Å². The second kappa shape index (κ2) is 15.3. The van der Waals surface area contributed by atoms with Crippen molar-refractivity contribution < 1.29 is 9.59 Å². The molecular formula is C37H45N5O2S. The van der Waals surface area contributed by atoms with E-state index in [1.54, 1.807) is 0 Å². The van der Waals surface area contributed by atoms with Crippen LogP contribution in [0.15, 0.2) is 90.3 Å². The van der Waals surface area contributed by atoms with Crippen molar-refractivity contribution in [3.8, 4) is 11.1 Å². The van der Waals surface area contributed by atoms with Gasteiger partial charge in [0.2, 0.25) is 0 Å². The van der Waals surface area contributed by atoms with Gasteiger partial charge in [-0.05, 0) is 111 Å². The first-order valence-electron chi connectivity index (χ1n) is 15.8. The largest absolute Gasteiger partial charge is 0.373 e. The molecule has 0 radical (unpaired) electrons. The Morgan fingerprint density at radius 2 is 1.60 bits per heavy atom. The normalized spacial score (nSPS) is 16.4. The maximum absolute atomic E-state index is 13.7. The highest BCUT2D eigenvalue weighted by atomic mass is 32.1. The Morgan fingerprint density at radius 3 is 2.31 bits per heavy atom. The van der Waals surface area contributed by atoms with E-state index in [2.05, 4.69) is 78.7 Å². The number of hydrogen-bond donors (Lipinski definition) is 2. The van der Waals surface area contributed by atoms with E-state index in [-0.39, 0.29) is 23.9 Å². The summed E-state index contributed by atoms with van der Waals surface area (Å²) in [5.41, 5.74) is 11.7. The number of nitrogens with two attached hydrogens (primary N) is 1. The van der Waals surface area contributed by atoms with E-state index in [1.165, 1.54) is 11.3 Å². The van der Waals surface area contributed by atoms with Crippen LogP contribution < -0.4 is 16.0 Å². The van der Waals surface area contributed by atoms with Crippen LogP contribution in [0.4, 0.5) is 11.4 Å². The highest BCUT2D eigenvalue weighted by Crippen LogP contribution is 2.33. The fourth-order valence-corrected chi connectivity index (χ4v) is 6.72. The quantitative estimate of drug-likeness (QED) is 0.178. The van der Waals surface area contributed by atoms with Crippen LogP contribution in [0.5, 0.6) is 0 Å². The molecule has 3 aromatic carbocycles. The Morgan fingerprint density at radius 1 is 0.844 bits per heavy atom. The lowest BCUT2D eigenvalue weighted by Crippen LogP contribution is -2.43. The molecule has 0 atom stereocenters. The van der Waals surface area contributed by atoms with E-state index in [4.69, 9.17) is 5.73 Å². The molecule has 1 saturated carbocycles. The zero-order valence-corrected chi connectivity index (χ0v) is 27.4. The lowest BCUT2D eigenvalue weighted by molar-refractivity contribution is 0.0611. The standard InChI is InChI=1S/C37H45N5O2S/c1-40(2)21-9-22-41(3)34-20-15-30(25-33(34)39-36(43)28-11-5-4-6-12-28)29-13-7-10-27(24-29)26-42(32-18-16-31(38)17-19-32)37(44)35-14-8-23-45-35/h4-8,10-15,20,23-25,31-32H,9,16-19,21-22,26,38H2,1-3H3,(H,39,43). The number of hydrogen-bond acceptors (Lipinski definition) is 6. The molecule has 1 aliphatic rings. The van der Waals surface area contributed by atoms with Crippen molar-refractivity contribution in [2.75, 3.05) is 44.4 Å². The van der Waals surface area contributed by atoms with Gasteiger partial charge in [0.1, 0.15) is 0 Å². The monoisotopic (exact) mass is 623 g/mol. The molecule has 7 nitrogen and oxygen atoms in total. The minimum Gasteiger partial charge on any atom is -0.373 e. The second-order valence-electron chi connectivity index (χ2n) is 12.3. The van der Waals surface area contributed by atoms with E-state index < -0.39 is 0 Å². The Kier molecular flexibility index (Phi) is 11.1. The predicted molar refractivity (Wildman–Crippen MR) is 187 cm³/mol. The first kappa shape index (κ1) is 32.4. The van der Waals surface area contributed by atoms with Crippen LogP contribution in [0.25, 0.3) is 11.1 Å². The summed E-state index contributed by atoms with van der Waals surface area (Å²) in [6.45, 7) is 2.39. The van der Waals surface area contributed by atoms with Crippen LogP contribution in [0.2, 0.25) is 0 Å². The van der Waals surface area contributed by atoms with Crippen LogP contribution in [-0.4, -0.2) is 67.9 Å². The minimum atomic E-state index is -0.139. The van der Waals surface area contributed by atoms with Crippen molar-refractivity contribution in [3.63, 3.8) is 0 Å². The summed E-state index contributed by atoms with van der Waals surface area (Å²) in [5.74, 6) is -0.0529. The molecule has 1 fully saturated rings. The molecule has 1 heterocycles. The van der Waals surface area contributed by atoms with Gasteiger partial charge in [-0.2, -0.15) is 0 Å². The zero-order valence-electron chi connectivity index (χ0n) is 26.6. The smallest absolute Gasteiger partial charge is 0.264 e. The van der Waals surface area contributed by atoms with Gasteiger partial charge in [0.25, 0.3) is 11.8 Å². The third-order valence-corrected chi connectivity index (χ3v) is 9.44. The molecule has 2 amide bonds. The van der Waals surface area contributed by atoms with E-state index in [9.17, 15) is 9.59 Å². The van der Waals surface area contributed by atoms with E-state index in [0.29, 0.717) is 12.1 Å². The average molecular weight is 624 g/mol. The Labute approximate surface area is 271 Å². The third-order valence-electron chi connectivity index (χ3n) is 8.58. The summed E-state index contributed by atoms with van der Waals surface area (Å²) in [6, 6.07) is 28.2. The first-order chi connectivity index (χ1) is 21.8. The van der Waals surface area contributed by atoms with Crippen LogP contribution in [0, 0.1) is 0 Å². The molecule has 0 aliphatic heterocycles. The molecule has 0 saturated heterocycles. The van der Waals surface area contributed by atoms with Crippen molar-refractivity contribution in [1.82, 2.24) is 9.80 Å². The summed E-state index contributed by atoms with van der Waals surface area (Å²) < 4.78 is 0. The van der Waals surface area contributed by atoms with E-state index in [0.717, 1.165) is 78.1 Å². The number of amides is 2. The summed E-state index contributed by atoms with van der Waals surface area (Å²) >= 11 is 1.49. The zero-order chi connectivity index (χ0) is 31.8. The molecule has 1 aromatic heterocycles. The topological polar surface area (TPSA) is 81.9 Å². The van der Waals surface area contributed by atoms with Crippen molar-refractivity contribution in [3.05, 3.63) is 106 Å². The van der Waals surface area contributed by atoms with Crippen molar-refractivity contribution >= 4 is 34.5 Å². The summed E-state index contributed by atoms with van der Waals surface area (Å²) in [7, 11) is 6.23. The Balaban J connectivity index is 1.42. The lowest BCUT2D eigenvalue weighted by Gasteiger charge is -2.36. The predicted octanol–water partition coefficient (Wildman–Crippen LogP) is 6.97. The lowest BCUT2D eigenvalue weighted by atomic mass is 9.90. The first-order valence-corrected chi connectivity index (χ1v) is 16.7. The van der Waals surface area contributed by atoms with Gasteiger partial charge in [-0.1, -0.05) is 48.5 Å². The van der Waals surface area contributed by atoms with E-state index in [1.807, 2.05) is 52.7 Å². The number of benzene rings is 3.